The average Bonchev–Trinajstić information content (AvgIpc) is 3.44. The van der Waals surface area contributed by atoms with Crippen LogP contribution in [0, 0.1) is 0 Å². The van der Waals surface area contributed by atoms with Crippen molar-refractivity contribution in [2.75, 3.05) is 4.90 Å². The predicted molar refractivity (Wildman–Crippen MR) is 125 cm³/mol. The summed E-state index contributed by atoms with van der Waals surface area (Å²) in [6.45, 7) is 3.32. The third kappa shape index (κ3) is 4.08. The van der Waals surface area contributed by atoms with E-state index in [1.165, 1.54) is 11.1 Å². The number of pyridine rings is 2. The van der Waals surface area contributed by atoms with Gasteiger partial charge in [-0.25, -0.2) is 4.79 Å². The molecule has 4 aromatic rings. The van der Waals surface area contributed by atoms with Gasteiger partial charge in [0.1, 0.15) is 5.54 Å². The maximum atomic E-state index is 13.3. The lowest BCUT2D eigenvalue weighted by atomic mass is 10.0. The summed E-state index contributed by atoms with van der Waals surface area (Å²) in [6, 6.07) is 13.8. The molecule has 9 nitrogen and oxygen atoms in total. The van der Waals surface area contributed by atoms with Crippen LogP contribution in [0.4, 0.5) is 19.3 Å². The first-order valence-electron chi connectivity index (χ1n) is 11.0. The van der Waals surface area contributed by atoms with E-state index in [0.29, 0.717) is 16.9 Å². The zero-order valence-corrected chi connectivity index (χ0v) is 19.3. The SMILES string of the molecule is CC1(C)C(=O)N(Cc2ccc(-c3nnc(C(F)F)o3)cn2)C(=O)N1c1ccc(-c2cccnc2)cc1. The van der Waals surface area contributed by atoms with Crippen LogP contribution in [-0.2, 0) is 11.3 Å². The van der Waals surface area contributed by atoms with Gasteiger partial charge in [-0.1, -0.05) is 18.2 Å². The van der Waals surface area contributed by atoms with Crippen LogP contribution in [0.1, 0.15) is 31.9 Å². The Balaban J connectivity index is 1.35. The molecular formula is C25H20F2N6O3. The van der Waals surface area contributed by atoms with Crippen molar-refractivity contribution in [1.82, 2.24) is 25.1 Å². The van der Waals surface area contributed by atoms with Gasteiger partial charge in [-0.15, -0.1) is 10.2 Å². The molecule has 182 valence electrons. The zero-order chi connectivity index (χ0) is 25.4. The maximum Gasteiger partial charge on any atom is 0.332 e. The Bertz CT molecular complexity index is 1410. The number of hydrogen-bond donors (Lipinski definition) is 0. The van der Waals surface area contributed by atoms with E-state index in [1.54, 1.807) is 50.5 Å². The third-order valence-electron chi connectivity index (χ3n) is 5.89. The minimum atomic E-state index is -2.87. The number of nitrogens with zero attached hydrogens (tertiary/aromatic N) is 6. The van der Waals surface area contributed by atoms with Crippen molar-refractivity contribution in [3.05, 3.63) is 78.7 Å². The summed E-state index contributed by atoms with van der Waals surface area (Å²) in [5.41, 5.74) is 2.12. The first-order valence-corrected chi connectivity index (χ1v) is 11.0. The summed E-state index contributed by atoms with van der Waals surface area (Å²) < 4.78 is 30.3. The van der Waals surface area contributed by atoms with Crippen molar-refractivity contribution < 1.29 is 22.8 Å². The van der Waals surface area contributed by atoms with Gasteiger partial charge in [0.25, 0.3) is 11.8 Å². The maximum absolute atomic E-state index is 13.3. The lowest BCUT2D eigenvalue weighted by molar-refractivity contribution is -0.130. The fourth-order valence-electron chi connectivity index (χ4n) is 4.03. The monoisotopic (exact) mass is 490 g/mol. The Morgan fingerprint density at radius 3 is 2.31 bits per heavy atom. The molecule has 0 unspecified atom stereocenters. The van der Waals surface area contributed by atoms with Crippen LogP contribution >= 0.6 is 0 Å². The van der Waals surface area contributed by atoms with Crippen molar-refractivity contribution in [3.63, 3.8) is 0 Å². The van der Waals surface area contributed by atoms with Crippen molar-refractivity contribution >= 4 is 17.6 Å². The lowest BCUT2D eigenvalue weighted by Crippen LogP contribution is -2.44. The van der Waals surface area contributed by atoms with Gasteiger partial charge in [-0.2, -0.15) is 8.78 Å². The van der Waals surface area contributed by atoms with Crippen LogP contribution < -0.4 is 4.90 Å². The van der Waals surface area contributed by atoms with Crippen LogP contribution in [0.15, 0.2) is 71.5 Å². The normalized spacial score (nSPS) is 15.2. The fourth-order valence-corrected chi connectivity index (χ4v) is 4.03. The molecule has 5 rings (SSSR count). The van der Waals surface area contributed by atoms with Gasteiger partial charge in [0.15, 0.2) is 0 Å². The molecule has 1 aliphatic rings. The molecule has 3 amide bonds. The van der Waals surface area contributed by atoms with Gasteiger partial charge in [0.05, 0.1) is 17.8 Å². The van der Waals surface area contributed by atoms with Gasteiger partial charge in [-0.3, -0.25) is 24.6 Å². The first kappa shape index (κ1) is 23.2. The van der Waals surface area contributed by atoms with Crippen LogP contribution in [0.2, 0.25) is 0 Å². The molecule has 3 aromatic heterocycles. The highest BCUT2D eigenvalue weighted by molar-refractivity contribution is 6.16. The number of halogens is 2. The molecule has 0 radical (unpaired) electrons. The highest BCUT2D eigenvalue weighted by Crippen LogP contribution is 2.35. The highest BCUT2D eigenvalue weighted by Gasteiger charge is 2.52. The molecule has 4 heterocycles. The second-order valence-corrected chi connectivity index (χ2v) is 8.64. The van der Waals surface area contributed by atoms with E-state index in [0.717, 1.165) is 16.0 Å². The second kappa shape index (κ2) is 8.91. The fraction of sp³-hybridized carbons (Fsp3) is 0.200. The lowest BCUT2D eigenvalue weighted by Gasteiger charge is -2.27. The van der Waals surface area contributed by atoms with Crippen LogP contribution in [0.5, 0.6) is 0 Å². The van der Waals surface area contributed by atoms with Crippen molar-refractivity contribution in [1.29, 1.82) is 0 Å². The Hall–Kier alpha value is -4.54. The van der Waals surface area contributed by atoms with Gasteiger partial charge in [0, 0.05) is 24.3 Å². The quantitative estimate of drug-likeness (QED) is 0.355. The molecule has 1 saturated heterocycles. The van der Waals surface area contributed by atoms with Crippen LogP contribution in [0.3, 0.4) is 0 Å². The molecule has 1 aromatic carbocycles. The van der Waals surface area contributed by atoms with E-state index in [1.807, 2.05) is 24.3 Å². The largest absolute Gasteiger partial charge is 0.415 e. The van der Waals surface area contributed by atoms with Crippen molar-refractivity contribution in [2.45, 2.75) is 32.4 Å². The summed E-state index contributed by atoms with van der Waals surface area (Å²) in [4.78, 5) is 37.5. The molecule has 0 saturated carbocycles. The predicted octanol–water partition coefficient (Wildman–Crippen LogP) is 4.88. The Morgan fingerprint density at radius 1 is 0.944 bits per heavy atom. The minimum absolute atomic E-state index is 0.0578. The summed E-state index contributed by atoms with van der Waals surface area (Å²) in [6.07, 6.45) is 1.94. The number of alkyl halides is 2. The molecule has 0 bridgehead atoms. The van der Waals surface area contributed by atoms with Crippen molar-refractivity contribution in [2.24, 2.45) is 0 Å². The van der Waals surface area contributed by atoms with E-state index in [-0.39, 0.29) is 18.3 Å². The summed E-state index contributed by atoms with van der Waals surface area (Å²) >= 11 is 0. The van der Waals surface area contributed by atoms with Crippen molar-refractivity contribution in [3.8, 4) is 22.6 Å². The summed E-state index contributed by atoms with van der Waals surface area (Å²) in [7, 11) is 0. The van der Waals surface area contributed by atoms with Gasteiger partial charge >= 0.3 is 12.5 Å². The number of carbonyl (C=O) groups excluding carboxylic acids is 2. The van der Waals surface area contributed by atoms with E-state index < -0.39 is 23.9 Å². The number of anilines is 1. The Morgan fingerprint density at radius 2 is 1.69 bits per heavy atom. The molecule has 0 aliphatic carbocycles. The number of amides is 3. The molecule has 36 heavy (non-hydrogen) atoms. The molecule has 0 N–H and O–H groups in total. The second-order valence-electron chi connectivity index (χ2n) is 8.64. The minimum Gasteiger partial charge on any atom is -0.415 e. The topological polar surface area (TPSA) is 105 Å². The Labute approximate surface area is 204 Å². The molecule has 0 atom stereocenters. The first-order chi connectivity index (χ1) is 17.3. The Kier molecular flexibility index (Phi) is 5.75. The van der Waals surface area contributed by atoms with Gasteiger partial charge in [-0.05, 0) is 55.3 Å². The van der Waals surface area contributed by atoms with Gasteiger partial charge < -0.3 is 4.42 Å². The highest BCUT2D eigenvalue weighted by atomic mass is 19.3. The average molecular weight is 490 g/mol. The molecule has 0 spiro atoms. The number of hydrogen-bond acceptors (Lipinski definition) is 7. The number of imide groups is 1. The zero-order valence-electron chi connectivity index (χ0n) is 19.3. The molecule has 1 fully saturated rings. The van der Waals surface area contributed by atoms with E-state index >= 15 is 0 Å². The summed E-state index contributed by atoms with van der Waals surface area (Å²) in [5.74, 6) is -1.24. The number of aromatic nitrogens is 4. The number of carbonyl (C=O) groups is 2. The smallest absolute Gasteiger partial charge is 0.332 e. The number of benzene rings is 1. The van der Waals surface area contributed by atoms with Gasteiger partial charge in [0.2, 0.25) is 5.89 Å². The summed E-state index contributed by atoms with van der Waals surface area (Å²) in [5, 5.41) is 6.88. The molecular weight excluding hydrogens is 470 g/mol. The van der Waals surface area contributed by atoms with E-state index in [2.05, 4.69) is 20.2 Å². The molecule has 11 heteroatoms. The van der Waals surface area contributed by atoms with Crippen LogP contribution in [0.25, 0.3) is 22.6 Å². The van der Waals surface area contributed by atoms with E-state index in [9.17, 15) is 18.4 Å². The van der Waals surface area contributed by atoms with E-state index in [4.69, 9.17) is 4.42 Å². The molecule has 1 aliphatic heterocycles. The number of urea groups is 1. The number of rotatable bonds is 6. The van der Waals surface area contributed by atoms with Crippen LogP contribution in [-0.4, -0.2) is 42.5 Å². The standard InChI is InChI=1S/C25H20F2N6O3/c1-25(2)23(34)32(14-18-8-5-17(13-29-18)21-30-31-22(36-21)20(26)27)24(35)33(25)19-9-6-15(7-10-19)16-4-3-11-28-12-16/h3-13,20H,14H2,1-2H3. The third-order valence-corrected chi connectivity index (χ3v) is 5.89.